The lowest BCUT2D eigenvalue weighted by molar-refractivity contribution is 0.0589. The molecule has 0 saturated heterocycles. The summed E-state index contributed by atoms with van der Waals surface area (Å²) in [6.07, 6.45) is -0.476. The van der Waals surface area contributed by atoms with Gasteiger partial charge in [0, 0.05) is 7.05 Å². The number of anilines is 1. The Bertz CT molecular complexity index is 410. The highest BCUT2D eigenvalue weighted by molar-refractivity contribution is 6.32. The second-order valence-corrected chi connectivity index (χ2v) is 5.28. The van der Waals surface area contributed by atoms with Crippen LogP contribution >= 0.6 is 23.2 Å². The molecule has 0 aliphatic heterocycles. The summed E-state index contributed by atoms with van der Waals surface area (Å²) in [5.74, 6) is 0. The van der Waals surface area contributed by atoms with Gasteiger partial charge in [-0.1, -0.05) is 23.2 Å². The molecular weight excluding hydrogens is 263 g/mol. The first-order valence-electron chi connectivity index (χ1n) is 4.99. The predicted octanol–water partition coefficient (Wildman–Crippen LogP) is 3.76. The van der Waals surface area contributed by atoms with Crippen molar-refractivity contribution in [2.24, 2.45) is 0 Å². The number of carbonyl (C=O) groups is 1. The zero-order valence-electron chi connectivity index (χ0n) is 10.1. The van der Waals surface area contributed by atoms with Gasteiger partial charge in [0.15, 0.2) is 0 Å². The molecule has 1 heterocycles. The van der Waals surface area contributed by atoms with Crippen molar-refractivity contribution in [2.45, 2.75) is 26.4 Å². The average Bonchev–Trinajstić information content (AvgIpc) is 2.12. The molecule has 0 unspecified atom stereocenters. The standard InChI is InChI=1S/C11H14Cl2N2O2/c1-11(2,3)17-10(16)15(4)7-5-8(12)14-9(13)6-7/h5-6H,1-4H3. The molecule has 1 aromatic heterocycles. The van der Waals surface area contributed by atoms with Gasteiger partial charge in [0.1, 0.15) is 15.9 Å². The third-order valence-corrected chi connectivity index (χ3v) is 2.19. The fraction of sp³-hybridized carbons (Fsp3) is 0.455. The number of rotatable bonds is 1. The van der Waals surface area contributed by atoms with E-state index < -0.39 is 11.7 Å². The third-order valence-electron chi connectivity index (χ3n) is 1.80. The van der Waals surface area contributed by atoms with Gasteiger partial charge in [-0.25, -0.2) is 9.78 Å². The monoisotopic (exact) mass is 276 g/mol. The van der Waals surface area contributed by atoms with E-state index in [2.05, 4.69) is 4.98 Å². The van der Waals surface area contributed by atoms with E-state index in [9.17, 15) is 4.79 Å². The summed E-state index contributed by atoms with van der Waals surface area (Å²) in [6.45, 7) is 5.39. The van der Waals surface area contributed by atoms with Gasteiger partial charge in [0.05, 0.1) is 5.69 Å². The Morgan fingerprint density at radius 3 is 2.18 bits per heavy atom. The Morgan fingerprint density at radius 1 is 1.29 bits per heavy atom. The summed E-state index contributed by atoms with van der Waals surface area (Å²) in [5, 5.41) is 0.450. The fourth-order valence-electron chi connectivity index (χ4n) is 1.08. The molecule has 0 aromatic carbocycles. The van der Waals surface area contributed by atoms with Crippen LogP contribution in [0.1, 0.15) is 20.8 Å². The molecule has 6 heteroatoms. The summed E-state index contributed by atoms with van der Waals surface area (Å²) in [6, 6.07) is 3.08. The van der Waals surface area contributed by atoms with Gasteiger partial charge in [0.25, 0.3) is 0 Å². The minimum atomic E-state index is -0.550. The summed E-state index contributed by atoms with van der Waals surface area (Å²) in [4.78, 5) is 16.9. The predicted molar refractivity (Wildman–Crippen MR) is 68.9 cm³/mol. The molecule has 0 spiro atoms. The van der Waals surface area contributed by atoms with Gasteiger partial charge in [-0.05, 0) is 32.9 Å². The average molecular weight is 277 g/mol. The Hall–Kier alpha value is -1.00. The molecule has 1 amide bonds. The van der Waals surface area contributed by atoms with Crippen molar-refractivity contribution in [3.8, 4) is 0 Å². The topological polar surface area (TPSA) is 42.4 Å². The SMILES string of the molecule is CN(C(=O)OC(C)(C)C)c1cc(Cl)nc(Cl)c1. The number of aromatic nitrogens is 1. The number of hydrogen-bond donors (Lipinski definition) is 0. The number of carbonyl (C=O) groups excluding carboxylic acids is 1. The minimum absolute atomic E-state index is 0.225. The van der Waals surface area contributed by atoms with E-state index >= 15 is 0 Å². The highest BCUT2D eigenvalue weighted by Crippen LogP contribution is 2.23. The lowest BCUT2D eigenvalue weighted by Crippen LogP contribution is -2.34. The van der Waals surface area contributed by atoms with Crippen molar-refractivity contribution in [1.29, 1.82) is 0 Å². The summed E-state index contributed by atoms with van der Waals surface area (Å²) >= 11 is 11.5. The van der Waals surface area contributed by atoms with Crippen LogP contribution in [0.15, 0.2) is 12.1 Å². The van der Waals surface area contributed by atoms with Crippen molar-refractivity contribution in [2.75, 3.05) is 11.9 Å². The number of amides is 1. The molecule has 0 aliphatic carbocycles. The molecule has 0 aliphatic rings. The second-order valence-electron chi connectivity index (χ2n) is 4.51. The van der Waals surface area contributed by atoms with Gasteiger partial charge in [-0.2, -0.15) is 0 Å². The highest BCUT2D eigenvalue weighted by atomic mass is 35.5. The van der Waals surface area contributed by atoms with Crippen LogP contribution in [0, 0.1) is 0 Å². The Morgan fingerprint density at radius 2 is 1.76 bits per heavy atom. The normalized spacial score (nSPS) is 11.2. The van der Waals surface area contributed by atoms with Crippen LogP contribution in [-0.4, -0.2) is 23.7 Å². The van der Waals surface area contributed by atoms with Crippen LogP contribution in [0.5, 0.6) is 0 Å². The molecule has 0 fully saturated rings. The van der Waals surface area contributed by atoms with E-state index in [0.717, 1.165) is 0 Å². The van der Waals surface area contributed by atoms with Crippen molar-refractivity contribution >= 4 is 35.0 Å². The molecule has 1 rings (SSSR count). The third kappa shape index (κ3) is 4.40. The first-order valence-corrected chi connectivity index (χ1v) is 5.74. The number of halogens is 2. The van der Waals surface area contributed by atoms with Crippen LogP contribution < -0.4 is 4.90 Å². The van der Waals surface area contributed by atoms with Crippen LogP contribution in [0.4, 0.5) is 10.5 Å². The Kier molecular flexibility index (Phi) is 4.22. The van der Waals surface area contributed by atoms with E-state index in [1.54, 1.807) is 27.8 Å². The second kappa shape index (κ2) is 5.10. The number of ether oxygens (including phenoxy) is 1. The number of pyridine rings is 1. The van der Waals surface area contributed by atoms with Gasteiger partial charge in [0.2, 0.25) is 0 Å². The first kappa shape index (κ1) is 14.1. The summed E-state index contributed by atoms with van der Waals surface area (Å²) < 4.78 is 5.21. The van der Waals surface area contributed by atoms with Gasteiger partial charge in [-0.3, -0.25) is 4.90 Å². The van der Waals surface area contributed by atoms with Crippen molar-refractivity contribution in [3.05, 3.63) is 22.4 Å². The van der Waals surface area contributed by atoms with E-state index in [1.807, 2.05) is 0 Å². The maximum Gasteiger partial charge on any atom is 0.414 e. The molecule has 94 valence electrons. The molecule has 0 radical (unpaired) electrons. The van der Waals surface area contributed by atoms with Crippen molar-refractivity contribution in [3.63, 3.8) is 0 Å². The maximum absolute atomic E-state index is 11.8. The number of hydrogen-bond acceptors (Lipinski definition) is 3. The molecule has 0 bridgehead atoms. The van der Waals surface area contributed by atoms with Gasteiger partial charge < -0.3 is 4.74 Å². The maximum atomic E-state index is 11.8. The Balaban J connectivity index is 2.89. The lowest BCUT2D eigenvalue weighted by atomic mass is 10.2. The summed E-state index contributed by atoms with van der Waals surface area (Å²) in [5.41, 5.74) is -0.0179. The highest BCUT2D eigenvalue weighted by Gasteiger charge is 2.21. The molecule has 0 N–H and O–H groups in total. The van der Waals surface area contributed by atoms with Crippen LogP contribution in [0.2, 0.25) is 10.3 Å². The van der Waals surface area contributed by atoms with E-state index in [0.29, 0.717) is 5.69 Å². The van der Waals surface area contributed by atoms with Crippen molar-refractivity contribution < 1.29 is 9.53 Å². The van der Waals surface area contributed by atoms with Crippen LogP contribution in [0.3, 0.4) is 0 Å². The van der Waals surface area contributed by atoms with E-state index in [-0.39, 0.29) is 10.3 Å². The van der Waals surface area contributed by atoms with Gasteiger partial charge >= 0.3 is 6.09 Å². The lowest BCUT2D eigenvalue weighted by Gasteiger charge is -2.24. The smallest absolute Gasteiger partial charge is 0.414 e. The van der Waals surface area contributed by atoms with E-state index in [1.165, 1.54) is 17.0 Å². The Labute approximate surface area is 110 Å². The molecule has 17 heavy (non-hydrogen) atoms. The van der Waals surface area contributed by atoms with Crippen molar-refractivity contribution in [1.82, 2.24) is 4.98 Å². The molecule has 0 atom stereocenters. The van der Waals surface area contributed by atoms with Crippen LogP contribution in [-0.2, 0) is 4.74 Å². The molecule has 1 aromatic rings. The quantitative estimate of drug-likeness (QED) is 0.734. The summed E-state index contributed by atoms with van der Waals surface area (Å²) in [7, 11) is 1.58. The molecule has 4 nitrogen and oxygen atoms in total. The first-order chi connectivity index (χ1) is 7.69. The zero-order chi connectivity index (χ0) is 13.2. The molecular formula is C11H14Cl2N2O2. The van der Waals surface area contributed by atoms with E-state index in [4.69, 9.17) is 27.9 Å². The van der Waals surface area contributed by atoms with Crippen LogP contribution in [0.25, 0.3) is 0 Å². The minimum Gasteiger partial charge on any atom is -0.443 e. The zero-order valence-corrected chi connectivity index (χ0v) is 11.6. The molecule has 0 saturated carbocycles. The number of nitrogens with zero attached hydrogens (tertiary/aromatic N) is 2. The fourth-order valence-corrected chi connectivity index (χ4v) is 1.53. The largest absolute Gasteiger partial charge is 0.443 e. The van der Waals surface area contributed by atoms with Gasteiger partial charge in [-0.15, -0.1) is 0 Å².